The minimum absolute atomic E-state index is 0.00883. The van der Waals surface area contributed by atoms with E-state index in [-0.39, 0.29) is 6.42 Å². The van der Waals surface area contributed by atoms with E-state index in [9.17, 15) is 23.6 Å². The third-order valence-electron chi connectivity index (χ3n) is 3.04. The fourth-order valence-corrected chi connectivity index (χ4v) is 1.96. The maximum absolute atomic E-state index is 12.9. The smallest absolute Gasteiger partial charge is 0.326 e. The maximum Gasteiger partial charge on any atom is 0.326 e. The first-order valence-corrected chi connectivity index (χ1v) is 6.95. The van der Waals surface area contributed by atoms with E-state index < -0.39 is 48.1 Å². The Hall–Kier alpha value is -2.97. The van der Waals surface area contributed by atoms with E-state index in [4.69, 9.17) is 10.2 Å². The van der Waals surface area contributed by atoms with Crippen LogP contribution in [0.3, 0.4) is 0 Å². The lowest BCUT2D eigenvalue weighted by Crippen LogP contribution is -2.52. The molecule has 1 aromatic carbocycles. The molecule has 0 saturated heterocycles. The van der Waals surface area contributed by atoms with Crippen LogP contribution < -0.4 is 10.6 Å². The molecule has 2 atom stereocenters. The van der Waals surface area contributed by atoms with Crippen molar-refractivity contribution in [2.24, 2.45) is 0 Å². The molecule has 0 aliphatic heterocycles. The van der Waals surface area contributed by atoms with Gasteiger partial charge in [0.05, 0.1) is 6.42 Å². The van der Waals surface area contributed by atoms with E-state index in [1.807, 2.05) is 0 Å². The molecule has 24 heavy (non-hydrogen) atoms. The van der Waals surface area contributed by atoms with Crippen LogP contribution in [-0.2, 0) is 25.6 Å². The Kier molecular flexibility index (Phi) is 6.84. The van der Waals surface area contributed by atoms with Gasteiger partial charge in [0.25, 0.3) is 0 Å². The van der Waals surface area contributed by atoms with Crippen LogP contribution in [0.4, 0.5) is 4.39 Å². The molecule has 0 fully saturated rings. The predicted octanol–water partition coefficient (Wildman–Crippen LogP) is -0.0830. The second-order valence-electron chi connectivity index (χ2n) is 5.08. The summed E-state index contributed by atoms with van der Waals surface area (Å²) >= 11 is 0. The molecule has 0 aliphatic rings. The van der Waals surface area contributed by atoms with Gasteiger partial charge in [0, 0.05) is 13.3 Å². The van der Waals surface area contributed by atoms with Crippen LogP contribution in [0, 0.1) is 5.82 Å². The summed E-state index contributed by atoms with van der Waals surface area (Å²) in [6, 6.07) is 2.46. The number of carbonyl (C=O) groups excluding carboxylic acids is 2. The standard InChI is InChI=1S/C15H17FN2O6/c1-8(19)17-11(6-9-2-4-10(16)5-3-9)14(22)18-12(15(23)24)7-13(20)21/h2-5,11-12H,6-7H2,1H3,(H,17,19)(H,18,22)(H,20,21)(H,23,24)/t11-,12+/m1/s1. The monoisotopic (exact) mass is 340 g/mol. The number of rotatable bonds is 8. The Morgan fingerprint density at radius 1 is 1.04 bits per heavy atom. The highest BCUT2D eigenvalue weighted by Gasteiger charge is 2.27. The van der Waals surface area contributed by atoms with E-state index in [0.717, 1.165) is 0 Å². The third kappa shape index (κ3) is 6.42. The molecule has 0 heterocycles. The molecule has 0 aliphatic carbocycles. The second-order valence-corrected chi connectivity index (χ2v) is 5.08. The lowest BCUT2D eigenvalue weighted by Gasteiger charge is -2.20. The van der Waals surface area contributed by atoms with Crippen LogP contribution in [0.5, 0.6) is 0 Å². The molecule has 2 amide bonds. The highest BCUT2D eigenvalue weighted by Crippen LogP contribution is 2.07. The summed E-state index contributed by atoms with van der Waals surface area (Å²) in [6.07, 6.45) is -0.810. The molecule has 1 rings (SSSR count). The topological polar surface area (TPSA) is 133 Å². The SMILES string of the molecule is CC(=O)N[C@H](Cc1ccc(F)cc1)C(=O)N[C@@H](CC(=O)O)C(=O)O. The number of carboxylic acid groups (broad SMARTS) is 2. The summed E-state index contributed by atoms with van der Waals surface area (Å²) in [5, 5.41) is 22.1. The molecular formula is C15H17FN2O6. The third-order valence-corrected chi connectivity index (χ3v) is 3.04. The van der Waals surface area contributed by atoms with E-state index in [2.05, 4.69) is 10.6 Å². The second kappa shape index (κ2) is 8.61. The molecule has 0 unspecified atom stereocenters. The fourth-order valence-electron chi connectivity index (χ4n) is 1.96. The van der Waals surface area contributed by atoms with Crippen LogP contribution in [-0.4, -0.2) is 46.0 Å². The van der Waals surface area contributed by atoms with E-state index >= 15 is 0 Å². The Bertz CT molecular complexity index is 631. The maximum atomic E-state index is 12.9. The fraction of sp³-hybridized carbons (Fsp3) is 0.333. The summed E-state index contributed by atoms with van der Waals surface area (Å²) in [5.74, 6) is -4.73. The van der Waals surface area contributed by atoms with Gasteiger partial charge in [-0.15, -0.1) is 0 Å². The van der Waals surface area contributed by atoms with Crippen LogP contribution >= 0.6 is 0 Å². The van der Waals surface area contributed by atoms with Crippen molar-refractivity contribution in [1.29, 1.82) is 0 Å². The van der Waals surface area contributed by atoms with Gasteiger partial charge in [-0.1, -0.05) is 12.1 Å². The van der Waals surface area contributed by atoms with Gasteiger partial charge < -0.3 is 20.8 Å². The van der Waals surface area contributed by atoms with Gasteiger partial charge in [0.15, 0.2) is 0 Å². The van der Waals surface area contributed by atoms with Crippen molar-refractivity contribution >= 4 is 23.8 Å². The van der Waals surface area contributed by atoms with Crippen molar-refractivity contribution in [2.45, 2.75) is 31.8 Å². The summed E-state index contributed by atoms with van der Waals surface area (Å²) in [4.78, 5) is 45.1. The summed E-state index contributed by atoms with van der Waals surface area (Å²) in [7, 11) is 0. The molecule has 1 aromatic rings. The summed E-state index contributed by atoms with van der Waals surface area (Å²) in [5.41, 5.74) is 0.537. The van der Waals surface area contributed by atoms with Crippen molar-refractivity contribution in [3.05, 3.63) is 35.6 Å². The molecule has 0 radical (unpaired) electrons. The van der Waals surface area contributed by atoms with Crippen molar-refractivity contribution in [2.75, 3.05) is 0 Å². The highest BCUT2D eigenvalue weighted by molar-refractivity contribution is 5.91. The number of nitrogens with one attached hydrogen (secondary N) is 2. The lowest BCUT2D eigenvalue weighted by molar-refractivity contribution is -0.147. The van der Waals surface area contributed by atoms with E-state index in [1.54, 1.807) is 0 Å². The minimum atomic E-state index is -1.63. The van der Waals surface area contributed by atoms with Gasteiger partial charge in [-0.25, -0.2) is 9.18 Å². The first kappa shape index (κ1) is 19.1. The highest BCUT2D eigenvalue weighted by atomic mass is 19.1. The van der Waals surface area contributed by atoms with Crippen molar-refractivity contribution in [1.82, 2.24) is 10.6 Å². The number of carbonyl (C=O) groups is 4. The number of carboxylic acids is 2. The van der Waals surface area contributed by atoms with E-state index in [0.29, 0.717) is 5.56 Å². The number of aliphatic carboxylic acids is 2. The van der Waals surface area contributed by atoms with Gasteiger partial charge >= 0.3 is 11.9 Å². The van der Waals surface area contributed by atoms with Gasteiger partial charge in [-0.05, 0) is 17.7 Å². The molecule has 0 saturated carbocycles. The molecule has 0 spiro atoms. The summed E-state index contributed by atoms with van der Waals surface area (Å²) in [6.45, 7) is 1.18. The predicted molar refractivity (Wildman–Crippen MR) is 79.5 cm³/mol. The van der Waals surface area contributed by atoms with Crippen molar-refractivity contribution in [3.8, 4) is 0 Å². The Balaban J connectivity index is 2.87. The zero-order valence-electron chi connectivity index (χ0n) is 12.8. The van der Waals surface area contributed by atoms with Crippen molar-refractivity contribution < 1.29 is 33.8 Å². The Morgan fingerprint density at radius 3 is 2.08 bits per heavy atom. The van der Waals surface area contributed by atoms with Crippen molar-refractivity contribution in [3.63, 3.8) is 0 Å². The normalized spacial score (nSPS) is 12.8. The molecule has 4 N–H and O–H groups in total. The zero-order chi connectivity index (χ0) is 18.3. The number of amides is 2. The molecule has 9 heteroatoms. The molecule has 8 nitrogen and oxygen atoms in total. The number of halogens is 1. The molecule has 130 valence electrons. The van der Waals surface area contributed by atoms with Gasteiger partial charge in [0.2, 0.25) is 11.8 Å². The van der Waals surface area contributed by atoms with Gasteiger partial charge in [-0.2, -0.15) is 0 Å². The van der Waals surface area contributed by atoms with Gasteiger partial charge in [-0.3, -0.25) is 14.4 Å². The molecular weight excluding hydrogens is 323 g/mol. The quantitative estimate of drug-likeness (QED) is 0.523. The van der Waals surface area contributed by atoms with Crippen LogP contribution in [0.25, 0.3) is 0 Å². The van der Waals surface area contributed by atoms with E-state index in [1.165, 1.54) is 31.2 Å². The number of hydrogen-bond donors (Lipinski definition) is 4. The van der Waals surface area contributed by atoms with Crippen LogP contribution in [0.15, 0.2) is 24.3 Å². The molecule has 0 aromatic heterocycles. The lowest BCUT2D eigenvalue weighted by atomic mass is 10.0. The Morgan fingerprint density at radius 2 is 1.62 bits per heavy atom. The van der Waals surface area contributed by atoms with Crippen LogP contribution in [0.1, 0.15) is 18.9 Å². The largest absolute Gasteiger partial charge is 0.481 e. The minimum Gasteiger partial charge on any atom is -0.481 e. The van der Waals surface area contributed by atoms with Crippen LogP contribution in [0.2, 0.25) is 0 Å². The van der Waals surface area contributed by atoms with Gasteiger partial charge in [0.1, 0.15) is 17.9 Å². The Labute approximate surface area is 136 Å². The molecule has 0 bridgehead atoms. The average molecular weight is 340 g/mol. The number of benzene rings is 1. The first-order chi connectivity index (χ1) is 11.2. The number of hydrogen-bond acceptors (Lipinski definition) is 4. The summed E-state index contributed by atoms with van der Waals surface area (Å²) < 4.78 is 12.9. The first-order valence-electron chi connectivity index (χ1n) is 6.95. The zero-order valence-corrected chi connectivity index (χ0v) is 12.8. The average Bonchev–Trinajstić information content (AvgIpc) is 2.47.